The van der Waals surface area contributed by atoms with E-state index in [9.17, 15) is 0 Å². The maximum Gasteiger partial charge on any atom is 0.224 e. The molecular weight excluding hydrogens is 316 g/mol. The molecule has 4 nitrogen and oxygen atoms in total. The summed E-state index contributed by atoms with van der Waals surface area (Å²) in [5, 5.41) is 3.00. The van der Waals surface area contributed by atoms with Crippen molar-refractivity contribution in [2.75, 3.05) is 23.8 Å². The maximum absolute atomic E-state index is 4.60. The van der Waals surface area contributed by atoms with Gasteiger partial charge in [-0.3, -0.25) is 0 Å². The summed E-state index contributed by atoms with van der Waals surface area (Å²) in [4.78, 5) is 11.1. The molecule has 1 aromatic heterocycles. The van der Waals surface area contributed by atoms with Gasteiger partial charge in [-0.15, -0.1) is 0 Å². The Morgan fingerprint density at radius 1 is 1.35 bits per heavy atom. The monoisotopic (exact) mass is 332 g/mol. The summed E-state index contributed by atoms with van der Waals surface area (Å²) < 4.78 is 0.917. The van der Waals surface area contributed by atoms with Gasteiger partial charge in [0.15, 0.2) is 5.82 Å². The van der Waals surface area contributed by atoms with Crippen LogP contribution in [0, 0.1) is 5.92 Å². The van der Waals surface area contributed by atoms with E-state index < -0.39 is 0 Å². The van der Waals surface area contributed by atoms with Gasteiger partial charge in [0.05, 0.1) is 4.47 Å². The third-order valence-electron chi connectivity index (χ3n) is 3.55. The average Bonchev–Trinajstić information content (AvgIpc) is 2.47. The van der Waals surface area contributed by atoms with Gasteiger partial charge < -0.3 is 10.2 Å². The Kier molecular flexibility index (Phi) is 3.61. The minimum atomic E-state index is 0.602. The first-order valence-corrected chi connectivity index (χ1v) is 7.54. The Bertz CT molecular complexity index is 629. The summed E-state index contributed by atoms with van der Waals surface area (Å²) in [7, 11) is 1.83. The van der Waals surface area contributed by atoms with Crippen molar-refractivity contribution >= 4 is 33.4 Å². The molecule has 1 aliphatic heterocycles. The van der Waals surface area contributed by atoms with Crippen molar-refractivity contribution < 1.29 is 0 Å². The highest BCUT2D eigenvalue weighted by molar-refractivity contribution is 9.10. The van der Waals surface area contributed by atoms with Gasteiger partial charge in [-0.05, 0) is 39.9 Å². The third-order valence-corrected chi connectivity index (χ3v) is 4.11. The van der Waals surface area contributed by atoms with Crippen LogP contribution in [0.1, 0.15) is 12.5 Å². The van der Waals surface area contributed by atoms with Crippen LogP contribution in [-0.4, -0.2) is 23.6 Å². The number of para-hydroxylation sites is 1. The molecule has 1 aliphatic rings. The number of fused-ring (bicyclic) bond motifs is 1. The second kappa shape index (κ2) is 5.40. The molecule has 0 saturated heterocycles. The van der Waals surface area contributed by atoms with Crippen molar-refractivity contribution in [1.82, 2.24) is 9.97 Å². The number of anilines is 3. The van der Waals surface area contributed by atoms with Gasteiger partial charge >= 0.3 is 0 Å². The first kappa shape index (κ1) is 13.4. The van der Waals surface area contributed by atoms with Gasteiger partial charge in [-0.1, -0.05) is 25.1 Å². The molecule has 0 fully saturated rings. The Balaban J connectivity index is 2.10. The zero-order chi connectivity index (χ0) is 14.1. The molecule has 1 aromatic carbocycles. The molecule has 5 heteroatoms. The summed E-state index contributed by atoms with van der Waals surface area (Å²) in [6.07, 6.45) is 2.92. The highest BCUT2D eigenvalue weighted by atomic mass is 79.9. The number of halogens is 1. The predicted molar refractivity (Wildman–Crippen MR) is 85.6 cm³/mol. The highest BCUT2D eigenvalue weighted by Crippen LogP contribution is 2.37. The standard InChI is InChI=1S/C15H17BrN4/c1-10-7-11-5-3-4-6-13(11)20(9-10)14-12(16)8-18-15(17-2)19-14/h3-6,8,10H,7,9H2,1-2H3,(H,17,18,19). The Hall–Kier alpha value is -1.62. The first-order valence-electron chi connectivity index (χ1n) is 6.74. The van der Waals surface area contributed by atoms with Crippen LogP contribution in [0.15, 0.2) is 34.9 Å². The summed E-state index contributed by atoms with van der Waals surface area (Å²) in [5.41, 5.74) is 2.62. The average molecular weight is 333 g/mol. The van der Waals surface area contributed by atoms with Gasteiger partial charge in [0.1, 0.15) is 0 Å². The molecule has 0 radical (unpaired) electrons. The largest absolute Gasteiger partial charge is 0.357 e. The third kappa shape index (κ3) is 2.38. The predicted octanol–water partition coefficient (Wildman–Crippen LogP) is 3.61. The molecule has 3 rings (SSSR count). The maximum atomic E-state index is 4.60. The summed E-state index contributed by atoms with van der Waals surface area (Å²) in [6, 6.07) is 8.54. The van der Waals surface area contributed by atoms with E-state index in [2.05, 4.69) is 67.3 Å². The van der Waals surface area contributed by atoms with Crippen molar-refractivity contribution in [3.63, 3.8) is 0 Å². The van der Waals surface area contributed by atoms with Crippen molar-refractivity contribution in [2.45, 2.75) is 13.3 Å². The van der Waals surface area contributed by atoms with Crippen molar-refractivity contribution in [1.29, 1.82) is 0 Å². The number of nitrogens with zero attached hydrogens (tertiary/aromatic N) is 3. The number of aromatic nitrogens is 2. The van der Waals surface area contributed by atoms with Gasteiger partial charge in [-0.25, -0.2) is 4.98 Å². The van der Waals surface area contributed by atoms with Crippen molar-refractivity contribution in [3.8, 4) is 0 Å². The molecule has 0 aliphatic carbocycles. The summed E-state index contributed by atoms with van der Waals surface area (Å²) in [5.74, 6) is 2.16. The van der Waals surface area contributed by atoms with Crippen LogP contribution in [0.25, 0.3) is 0 Å². The second-order valence-electron chi connectivity index (χ2n) is 5.16. The SMILES string of the molecule is CNc1ncc(Br)c(N2CC(C)Cc3ccccc32)n1. The molecule has 1 unspecified atom stereocenters. The number of rotatable bonds is 2. The molecule has 1 N–H and O–H groups in total. The van der Waals surface area contributed by atoms with Gasteiger partial charge in [0.2, 0.25) is 5.95 Å². The van der Waals surface area contributed by atoms with Crippen LogP contribution in [0.5, 0.6) is 0 Å². The molecule has 20 heavy (non-hydrogen) atoms. The fourth-order valence-corrected chi connectivity index (χ4v) is 3.07. The topological polar surface area (TPSA) is 41.1 Å². The number of nitrogens with one attached hydrogen (secondary N) is 1. The van der Waals surface area contributed by atoms with Crippen molar-refractivity contribution in [2.24, 2.45) is 5.92 Å². The zero-order valence-corrected chi connectivity index (χ0v) is 13.2. The first-order chi connectivity index (χ1) is 9.69. The molecular formula is C15H17BrN4. The van der Waals surface area contributed by atoms with E-state index >= 15 is 0 Å². The molecule has 0 bridgehead atoms. The van der Waals surface area contributed by atoms with Crippen LogP contribution in [0.3, 0.4) is 0 Å². The summed E-state index contributed by atoms with van der Waals surface area (Å²) in [6.45, 7) is 3.24. The Morgan fingerprint density at radius 2 is 2.15 bits per heavy atom. The van der Waals surface area contributed by atoms with Crippen LogP contribution in [-0.2, 0) is 6.42 Å². The second-order valence-corrected chi connectivity index (χ2v) is 6.02. The van der Waals surface area contributed by atoms with Crippen LogP contribution >= 0.6 is 15.9 Å². The minimum Gasteiger partial charge on any atom is -0.357 e. The zero-order valence-electron chi connectivity index (χ0n) is 11.6. The lowest BCUT2D eigenvalue weighted by molar-refractivity contribution is 0.559. The molecule has 0 amide bonds. The van der Waals surface area contributed by atoms with Gasteiger partial charge in [0.25, 0.3) is 0 Å². The summed E-state index contributed by atoms with van der Waals surface area (Å²) >= 11 is 3.57. The van der Waals surface area contributed by atoms with E-state index in [0.29, 0.717) is 11.9 Å². The highest BCUT2D eigenvalue weighted by Gasteiger charge is 2.25. The lowest BCUT2D eigenvalue weighted by atomic mass is 9.94. The van der Waals surface area contributed by atoms with E-state index in [1.54, 1.807) is 6.20 Å². The van der Waals surface area contributed by atoms with Gasteiger partial charge in [0, 0.05) is 25.5 Å². The Morgan fingerprint density at radius 3 is 2.95 bits per heavy atom. The molecule has 2 aromatic rings. The normalized spacial score (nSPS) is 17.8. The van der Waals surface area contributed by atoms with E-state index in [1.807, 2.05) is 7.05 Å². The van der Waals surface area contributed by atoms with E-state index in [4.69, 9.17) is 0 Å². The van der Waals surface area contributed by atoms with Gasteiger partial charge in [-0.2, -0.15) is 4.98 Å². The molecule has 0 spiro atoms. The lowest BCUT2D eigenvalue weighted by Crippen LogP contribution is -2.31. The fourth-order valence-electron chi connectivity index (χ4n) is 2.67. The smallest absolute Gasteiger partial charge is 0.224 e. The number of hydrogen-bond acceptors (Lipinski definition) is 4. The minimum absolute atomic E-state index is 0.602. The van der Waals surface area contributed by atoms with Crippen LogP contribution in [0.4, 0.5) is 17.5 Å². The molecule has 0 saturated carbocycles. The molecule has 2 heterocycles. The van der Waals surface area contributed by atoms with E-state index in [0.717, 1.165) is 23.3 Å². The lowest BCUT2D eigenvalue weighted by Gasteiger charge is -2.34. The fraction of sp³-hybridized carbons (Fsp3) is 0.333. The van der Waals surface area contributed by atoms with Crippen LogP contribution in [0.2, 0.25) is 0 Å². The molecule has 104 valence electrons. The molecule has 1 atom stereocenters. The van der Waals surface area contributed by atoms with E-state index in [-0.39, 0.29) is 0 Å². The number of hydrogen-bond donors (Lipinski definition) is 1. The number of benzene rings is 1. The van der Waals surface area contributed by atoms with Crippen LogP contribution < -0.4 is 10.2 Å². The van der Waals surface area contributed by atoms with E-state index in [1.165, 1.54) is 11.3 Å². The van der Waals surface area contributed by atoms with Crippen molar-refractivity contribution in [3.05, 3.63) is 40.5 Å². The quantitative estimate of drug-likeness (QED) is 0.912. The Labute approximate surface area is 127 Å².